The number of amidine groups is 1. The van der Waals surface area contributed by atoms with Gasteiger partial charge in [-0.1, -0.05) is 0 Å². The number of carbonyl (C=O) groups is 2. The molecular weight excluding hydrogens is 334 g/mol. The molecule has 1 aliphatic rings. The summed E-state index contributed by atoms with van der Waals surface area (Å²) >= 11 is 0.983. The molecule has 0 atom stereocenters. The van der Waals surface area contributed by atoms with Gasteiger partial charge < -0.3 is 14.6 Å². The van der Waals surface area contributed by atoms with Crippen molar-refractivity contribution in [2.24, 2.45) is 10.2 Å². The number of methoxy groups -OCH3 is 1. The number of nitrogens with zero attached hydrogens (tertiary/aromatic N) is 2. The molecule has 1 aromatic carbocycles. The molecule has 1 heterocycles. The molecule has 0 unspecified atom stereocenters. The fourth-order valence-corrected chi connectivity index (χ4v) is 2.41. The number of carbonyl (C=O) groups excluding carboxylic acids is 2. The minimum absolute atomic E-state index is 0.0384. The summed E-state index contributed by atoms with van der Waals surface area (Å²) in [6.45, 7) is 2.24. The van der Waals surface area contributed by atoms with Crippen molar-refractivity contribution >= 4 is 35.0 Å². The van der Waals surface area contributed by atoms with Crippen LogP contribution in [0.2, 0.25) is 0 Å². The predicted molar refractivity (Wildman–Crippen MR) is 90.1 cm³/mol. The highest BCUT2D eigenvalue weighted by Crippen LogP contribution is 2.26. The third-order valence-electron chi connectivity index (χ3n) is 2.74. The maximum atomic E-state index is 11.6. The number of aromatic hydroxyl groups is 1. The van der Waals surface area contributed by atoms with Crippen LogP contribution < -0.4 is 10.1 Å². The van der Waals surface area contributed by atoms with Gasteiger partial charge in [-0.3, -0.25) is 10.1 Å². The summed E-state index contributed by atoms with van der Waals surface area (Å²) in [4.78, 5) is 23.0. The molecule has 126 valence electrons. The number of ether oxygens (including phenoxy) is 2. The lowest BCUT2D eigenvalue weighted by molar-refractivity contribution is -0.135. The second kappa shape index (κ2) is 8.16. The van der Waals surface area contributed by atoms with E-state index < -0.39 is 11.9 Å². The molecule has 8 nitrogen and oxygen atoms in total. The van der Waals surface area contributed by atoms with E-state index in [1.54, 1.807) is 12.1 Å². The summed E-state index contributed by atoms with van der Waals surface area (Å²) in [5.41, 5.74) is 0.667. The number of hydrogen-bond acceptors (Lipinski definition) is 8. The Morgan fingerprint density at radius 2 is 2.25 bits per heavy atom. The van der Waals surface area contributed by atoms with Crippen molar-refractivity contribution in [1.29, 1.82) is 0 Å². The Bertz CT molecular complexity index is 743. The number of rotatable bonds is 5. The summed E-state index contributed by atoms with van der Waals surface area (Å²) in [5, 5.41) is 20.1. The van der Waals surface area contributed by atoms with Crippen molar-refractivity contribution in [3.8, 4) is 11.5 Å². The standard InChI is InChI=1S/C15H15N3O5S/c1-3-23-11-6-9(4-5-10(11)19)8-16-18-15-17-14(21)12(24-15)7-13(20)22-2/h4-8,19H,3H2,1-2H3,(H,17,18,21)/b12-7+,16-8?. The monoisotopic (exact) mass is 349 g/mol. The third kappa shape index (κ3) is 4.59. The Labute approximate surface area is 142 Å². The van der Waals surface area contributed by atoms with Crippen molar-refractivity contribution in [3.63, 3.8) is 0 Å². The van der Waals surface area contributed by atoms with E-state index in [9.17, 15) is 14.7 Å². The Morgan fingerprint density at radius 1 is 1.46 bits per heavy atom. The predicted octanol–water partition coefficient (Wildman–Crippen LogP) is 1.40. The molecule has 1 amide bonds. The average molecular weight is 349 g/mol. The van der Waals surface area contributed by atoms with Crippen LogP contribution in [0.4, 0.5) is 0 Å². The normalized spacial score (nSPS) is 17.5. The topological polar surface area (TPSA) is 110 Å². The fourth-order valence-electron chi connectivity index (χ4n) is 1.67. The van der Waals surface area contributed by atoms with Crippen LogP contribution in [0.25, 0.3) is 0 Å². The molecule has 0 aliphatic carbocycles. The molecule has 1 saturated heterocycles. The number of benzene rings is 1. The first-order valence-corrected chi connectivity index (χ1v) is 7.70. The lowest BCUT2D eigenvalue weighted by Gasteiger charge is -2.05. The van der Waals surface area contributed by atoms with E-state index in [2.05, 4.69) is 20.3 Å². The summed E-state index contributed by atoms with van der Waals surface area (Å²) in [6, 6.07) is 4.75. The molecule has 0 saturated carbocycles. The van der Waals surface area contributed by atoms with Crippen molar-refractivity contribution in [2.75, 3.05) is 13.7 Å². The molecule has 0 spiro atoms. The number of thioether (sulfide) groups is 1. The Morgan fingerprint density at radius 3 is 2.96 bits per heavy atom. The van der Waals surface area contributed by atoms with Gasteiger partial charge in [0, 0.05) is 6.08 Å². The summed E-state index contributed by atoms with van der Waals surface area (Å²) in [6.07, 6.45) is 2.53. The first-order valence-electron chi connectivity index (χ1n) is 6.89. The second-order valence-electron chi connectivity index (χ2n) is 4.40. The molecule has 2 rings (SSSR count). The van der Waals surface area contributed by atoms with E-state index in [1.165, 1.54) is 19.4 Å². The molecular formula is C15H15N3O5S. The number of nitrogens with one attached hydrogen (secondary N) is 1. The average Bonchev–Trinajstić information content (AvgIpc) is 2.90. The zero-order valence-electron chi connectivity index (χ0n) is 13.0. The van der Waals surface area contributed by atoms with Crippen LogP contribution in [0.3, 0.4) is 0 Å². The summed E-state index contributed by atoms with van der Waals surface area (Å²) in [5.74, 6) is -0.676. The van der Waals surface area contributed by atoms with Gasteiger partial charge >= 0.3 is 5.97 Å². The Kier molecular flexibility index (Phi) is 5.96. The van der Waals surface area contributed by atoms with Gasteiger partial charge in [0.2, 0.25) is 0 Å². The highest BCUT2D eigenvalue weighted by Gasteiger charge is 2.24. The van der Waals surface area contributed by atoms with Crippen molar-refractivity contribution in [3.05, 3.63) is 34.7 Å². The first kappa shape index (κ1) is 17.5. The highest BCUT2D eigenvalue weighted by atomic mass is 32.2. The van der Waals surface area contributed by atoms with E-state index in [0.29, 0.717) is 17.9 Å². The minimum atomic E-state index is -0.620. The first-order chi connectivity index (χ1) is 11.5. The van der Waals surface area contributed by atoms with Crippen LogP contribution in [0.5, 0.6) is 11.5 Å². The molecule has 24 heavy (non-hydrogen) atoms. The van der Waals surface area contributed by atoms with Gasteiger partial charge in [0.15, 0.2) is 16.7 Å². The lowest BCUT2D eigenvalue weighted by atomic mass is 10.2. The Hall–Kier alpha value is -2.81. The number of phenolic OH excluding ortho intramolecular Hbond substituents is 1. The minimum Gasteiger partial charge on any atom is -0.504 e. The van der Waals surface area contributed by atoms with Crippen LogP contribution in [0.15, 0.2) is 39.4 Å². The molecule has 1 aromatic rings. The van der Waals surface area contributed by atoms with Gasteiger partial charge in [0.1, 0.15) is 0 Å². The quantitative estimate of drug-likeness (QED) is 0.360. The van der Waals surface area contributed by atoms with Gasteiger partial charge in [-0.15, -0.1) is 5.10 Å². The van der Waals surface area contributed by atoms with Gasteiger partial charge in [-0.05, 0) is 42.4 Å². The van der Waals surface area contributed by atoms with Crippen molar-refractivity contribution in [2.45, 2.75) is 6.92 Å². The fraction of sp³-hybridized carbons (Fsp3) is 0.200. The molecule has 1 fully saturated rings. The van der Waals surface area contributed by atoms with E-state index in [0.717, 1.165) is 17.8 Å². The van der Waals surface area contributed by atoms with Gasteiger partial charge in [0.25, 0.3) is 5.91 Å². The number of phenols is 1. The van der Waals surface area contributed by atoms with Crippen molar-refractivity contribution < 1.29 is 24.2 Å². The molecule has 0 aromatic heterocycles. The highest BCUT2D eigenvalue weighted by molar-refractivity contribution is 8.18. The van der Waals surface area contributed by atoms with E-state index >= 15 is 0 Å². The zero-order valence-corrected chi connectivity index (χ0v) is 13.8. The summed E-state index contributed by atoms with van der Waals surface area (Å²) < 4.78 is 9.74. The van der Waals surface area contributed by atoms with Gasteiger partial charge in [-0.25, -0.2) is 4.79 Å². The van der Waals surface area contributed by atoms with Crippen LogP contribution in [0, 0.1) is 0 Å². The summed E-state index contributed by atoms with van der Waals surface area (Å²) in [7, 11) is 1.23. The third-order valence-corrected chi connectivity index (χ3v) is 3.64. The molecule has 2 N–H and O–H groups in total. The maximum absolute atomic E-state index is 11.6. The maximum Gasteiger partial charge on any atom is 0.331 e. The molecule has 9 heteroatoms. The molecule has 1 aliphatic heterocycles. The lowest BCUT2D eigenvalue weighted by Crippen LogP contribution is -2.19. The SMILES string of the molecule is CCOc1cc(C=N/N=C2/NC(=O)/C(=C\C(=O)OC)S2)ccc1O. The zero-order chi connectivity index (χ0) is 17.5. The van der Waals surface area contributed by atoms with Gasteiger partial charge in [0.05, 0.1) is 24.8 Å². The number of hydrogen-bond donors (Lipinski definition) is 2. The van der Waals surface area contributed by atoms with Crippen molar-refractivity contribution in [1.82, 2.24) is 5.32 Å². The van der Waals surface area contributed by atoms with Gasteiger partial charge in [-0.2, -0.15) is 5.10 Å². The Balaban J connectivity index is 2.07. The van der Waals surface area contributed by atoms with Crippen LogP contribution >= 0.6 is 11.8 Å². The smallest absolute Gasteiger partial charge is 0.331 e. The molecule has 0 radical (unpaired) electrons. The van der Waals surface area contributed by atoms with E-state index in [-0.39, 0.29) is 15.8 Å². The second-order valence-corrected chi connectivity index (χ2v) is 5.43. The largest absolute Gasteiger partial charge is 0.504 e. The van der Waals surface area contributed by atoms with E-state index in [1.807, 2.05) is 6.92 Å². The molecule has 0 bridgehead atoms. The number of amides is 1. The van der Waals surface area contributed by atoms with Crippen LogP contribution in [0.1, 0.15) is 12.5 Å². The number of esters is 1. The van der Waals surface area contributed by atoms with E-state index in [4.69, 9.17) is 4.74 Å². The van der Waals surface area contributed by atoms with Crippen LogP contribution in [-0.4, -0.2) is 42.1 Å². The van der Waals surface area contributed by atoms with Crippen LogP contribution in [-0.2, 0) is 14.3 Å².